The fraction of sp³-hybridized carbons (Fsp3) is 0.290. The summed E-state index contributed by atoms with van der Waals surface area (Å²) in [7, 11) is 1.49. The van der Waals surface area contributed by atoms with Crippen molar-refractivity contribution >= 4 is 5.97 Å². The van der Waals surface area contributed by atoms with E-state index in [2.05, 4.69) is 13.0 Å². The van der Waals surface area contributed by atoms with Gasteiger partial charge >= 0.3 is 5.97 Å². The highest BCUT2D eigenvalue weighted by Crippen LogP contribution is 2.43. The van der Waals surface area contributed by atoms with Crippen LogP contribution in [0.2, 0.25) is 0 Å². The number of nitrogens with zero attached hydrogens (tertiary/aromatic N) is 1. The van der Waals surface area contributed by atoms with E-state index in [0.717, 1.165) is 29.7 Å². The summed E-state index contributed by atoms with van der Waals surface area (Å²) in [5.74, 6) is 0.944. The number of hydrogen-bond acceptors (Lipinski definition) is 7. The Bertz CT molecular complexity index is 1340. The summed E-state index contributed by atoms with van der Waals surface area (Å²) < 4.78 is 22.5. The first-order valence-electron chi connectivity index (χ1n) is 12.8. The number of rotatable bonds is 11. The Morgan fingerprint density at radius 1 is 1.00 bits per heavy atom. The molecule has 0 fully saturated rings. The minimum atomic E-state index is -0.558. The lowest BCUT2D eigenvalue weighted by atomic mass is 9.83. The van der Waals surface area contributed by atoms with Gasteiger partial charge in [0.25, 0.3) is 0 Å². The highest BCUT2D eigenvalue weighted by atomic mass is 16.5. The van der Waals surface area contributed by atoms with E-state index >= 15 is 0 Å². The van der Waals surface area contributed by atoms with Crippen molar-refractivity contribution in [2.45, 2.75) is 44.9 Å². The van der Waals surface area contributed by atoms with E-state index in [1.54, 1.807) is 42.5 Å². The number of fused-ring (bicyclic) bond motifs is 1. The van der Waals surface area contributed by atoms with Gasteiger partial charge in [0.15, 0.2) is 0 Å². The minimum absolute atomic E-state index is 0.0191. The van der Waals surface area contributed by atoms with Gasteiger partial charge in [-0.1, -0.05) is 62.9 Å². The zero-order chi connectivity index (χ0) is 26.9. The predicted molar refractivity (Wildman–Crippen MR) is 144 cm³/mol. The molecule has 1 aliphatic rings. The van der Waals surface area contributed by atoms with Gasteiger partial charge < -0.3 is 24.7 Å². The number of carbonyl (C=O) groups excluding carboxylic acids is 1. The molecule has 38 heavy (non-hydrogen) atoms. The van der Waals surface area contributed by atoms with Crippen molar-refractivity contribution in [3.63, 3.8) is 0 Å². The third kappa shape index (κ3) is 6.09. The number of para-hydroxylation sites is 1. The number of methoxy groups -OCH3 is 1. The highest BCUT2D eigenvalue weighted by Gasteiger charge is 2.31. The largest absolute Gasteiger partial charge is 0.496 e. The number of nitrogens with two attached hydrogens (primary N) is 1. The fourth-order valence-electron chi connectivity index (χ4n) is 4.47. The lowest BCUT2D eigenvalue weighted by molar-refractivity contribution is 0.0731. The third-order valence-electron chi connectivity index (χ3n) is 6.46. The lowest BCUT2D eigenvalue weighted by Crippen LogP contribution is -2.21. The van der Waals surface area contributed by atoms with Gasteiger partial charge in [0.2, 0.25) is 5.88 Å². The first kappa shape index (κ1) is 26.6. The van der Waals surface area contributed by atoms with Crippen LogP contribution >= 0.6 is 0 Å². The SMILES string of the molecule is CCCCCCCOc1ccc(C2C(C#N)=C(N)Oc3cc(OC(=O)c4ccccc4OC)ccc32)cc1. The van der Waals surface area contributed by atoms with Gasteiger partial charge in [-0.2, -0.15) is 5.26 Å². The maximum atomic E-state index is 12.8. The zero-order valence-electron chi connectivity index (χ0n) is 21.7. The molecule has 7 heteroatoms. The summed E-state index contributed by atoms with van der Waals surface area (Å²) in [6.45, 7) is 2.88. The Labute approximate surface area is 223 Å². The van der Waals surface area contributed by atoms with Crippen molar-refractivity contribution in [3.8, 4) is 29.1 Å². The molecule has 1 heterocycles. The van der Waals surface area contributed by atoms with Gasteiger partial charge in [-0.05, 0) is 42.3 Å². The van der Waals surface area contributed by atoms with Crippen LogP contribution in [-0.2, 0) is 0 Å². The van der Waals surface area contributed by atoms with E-state index in [4.69, 9.17) is 24.7 Å². The monoisotopic (exact) mass is 512 g/mol. The summed E-state index contributed by atoms with van der Waals surface area (Å²) >= 11 is 0. The maximum absolute atomic E-state index is 12.8. The second kappa shape index (κ2) is 12.7. The number of carbonyl (C=O) groups is 1. The molecule has 0 aliphatic carbocycles. The quantitative estimate of drug-likeness (QED) is 0.178. The minimum Gasteiger partial charge on any atom is -0.496 e. The second-order valence-electron chi connectivity index (χ2n) is 9.05. The van der Waals surface area contributed by atoms with Crippen LogP contribution < -0.4 is 24.7 Å². The van der Waals surface area contributed by atoms with Crippen molar-refractivity contribution in [2.24, 2.45) is 5.73 Å². The zero-order valence-corrected chi connectivity index (χ0v) is 21.7. The van der Waals surface area contributed by atoms with E-state index in [1.165, 1.54) is 26.4 Å². The number of benzene rings is 3. The number of unbranched alkanes of at least 4 members (excludes halogenated alkanes) is 4. The van der Waals surface area contributed by atoms with Gasteiger partial charge in [0, 0.05) is 11.6 Å². The van der Waals surface area contributed by atoms with Crippen molar-refractivity contribution < 1.29 is 23.7 Å². The van der Waals surface area contributed by atoms with Crippen LogP contribution in [0, 0.1) is 11.3 Å². The van der Waals surface area contributed by atoms with Gasteiger partial charge in [-0.15, -0.1) is 0 Å². The number of ether oxygens (including phenoxy) is 4. The van der Waals surface area contributed by atoms with E-state index in [1.807, 2.05) is 24.3 Å². The average molecular weight is 513 g/mol. The van der Waals surface area contributed by atoms with Gasteiger partial charge in [-0.25, -0.2) is 4.79 Å². The highest BCUT2D eigenvalue weighted by molar-refractivity contribution is 5.94. The molecule has 7 nitrogen and oxygen atoms in total. The molecule has 3 aromatic carbocycles. The summed E-state index contributed by atoms with van der Waals surface area (Å²) in [6, 6.07) is 21.8. The second-order valence-corrected chi connectivity index (χ2v) is 9.05. The Balaban J connectivity index is 1.52. The molecule has 0 radical (unpaired) electrons. The lowest BCUT2D eigenvalue weighted by Gasteiger charge is -2.27. The summed E-state index contributed by atoms with van der Waals surface area (Å²) in [4.78, 5) is 12.8. The molecule has 1 unspecified atom stereocenters. The molecule has 0 saturated carbocycles. The molecule has 2 N–H and O–H groups in total. The predicted octanol–water partition coefficient (Wildman–Crippen LogP) is 6.48. The van der Waals surface area contributed by atoms with Crippen molar-refractivity contribution in [1.29, 1.82) is 5.26 Å². The van der Waals surface area contributed by atoms with Crippen LogP contribution in [0.5, 0.6) is 23.0 Å². The van der Waals surface area contributed by atoms with Crippen molar-refractivity contribution in [2.75, 3.05) is 13.7 Å². The average Bonchev–Trinajstić information content (AvgIpc) is 2.94. The van der Waals surface area contributed by atoms with Crippen molar-refractivity contribution in [3.05, 3.63) is 94.9 Å². The summed E-state index contributed by atoms with van der Waals surface area (Å²) in [5, 5.41) is 9.85. The molecule has 196 valence electrons. The molecule has 0 spiro atoms. The Morgan fingerprint density at radius 2 is 1.74 bits per heavy atom. The van der Waals surface area contributed by atoms with Gasteiger partial charge in [-0.3, -0.25) is 0 Å². The van der Waals surface area contributed by atoms with E-state index in [9.17, 15) is 10.1 Å². The van der Waals surface area contributed by atoms with Gasteiger partial charge in [0.1, 0.15) is 40.2 Å². The number of esters is 1. The molecular weight excluding hydrogens is 480 g/mol. The topological polar surface area (TPSA) is 104 Å². The summed E-state index contributed by atoms with van der Waals surface area (Å²) in [5.41, 5.74) is 8.40. The molecule has 0 bridgehead atoms. The van der Waals surface area contributed by atoms with Gasteiger partial charge in [0.05, 0.1) is 19.6 Å². The number of nitriles is 1. The van der Waals surface area contributed by atoms with E-state index in [0.29, 0.717) is 29.2 Å². The Hall–Kier alpha value is -4.44. The number of allylic oxidation sites excluding steroid dienone is 1. The summed E-state index contributed by atoms with van der Waals surface area (Å²) in [6.07, 6.45) is 5.89. The first-order chi connectivity index (χ1) is 18.5. The Kier molecular flexibility index (Phi) is 8.89. The van der Waals surface area contributed by atoms with E-state index in [-0.39, 0.29) is 11.6 Å². The molecule has 0 amide bonds. The maximum Gasteiger partial charge on any atom is 0.347 e. The van der Waals surface area contributed by atoms with Crippen LogP contribution in [-0.4, -0.2) is 19.7 Å². The molecular formula is C31H32N2O5. The van der Waals surface area contributed by atoms with Crippen LogP contribution in [0.1, 0.15) is 66.4 Å². The molecule has 0 saturated heterocycles. The first-order valence-corrected chi connectivity index (χ1v) is 12.8. The standard InChI is InChI=1S/C31H32N2O5/c1-3-4-5-6-9-18-36-22-14-12-21(13-15-22)29-24-17-16-23(19-28(24)38-30(33)26(29)20-32)37-31(34)25-10-7-8-11-27(25)35-2/h7-8,10-17,19,29H,3-6,9,18,33H2,1-2H3. The fourth-order valence-corrected chi connectivity index (χ4v) is 4.47. The third-order valence-corrected chi connectivity index (χ3v) is 6.46. The van der Waals surface area contributed by atoms with Crippen molar-refractivity contribution in [1.82, 2.24) is 0 Å². The van der Waals surface area contributed by atoms with Crippen LogP contribution in [0.15, 0.2) is 78.2 Å². The normalized spacial score (nSPS) is 14.2. The van der Waals surface area contributed by atoms with Crippen LogP contribution in [0.25, 0.3) is 0 Å². The van der Waals surface area contributed by atoms with Crippen LogP contribution in [0.3, 0.4) is 0 Å². The molecule has 1 atom stereocenters. The molecule has 1 aliphatic heterocycles. The van der Waals surface area contributed by atoms with E-state index < -0.39 is 11.9 Å². The smallest absolute Gasteiger partial charge is 0.347 e. The number of hydrogen-bond donors (Lipinski definition) is 1. The molecule has 3 aromatic rings. The molecule has 4 rings (SSSR count). The van der Waals surface area contributed by atoms with Crippen LogP contribution in [0.4, 0.5) is 0 Å². The molecule has 0 aromatic heterocycles. The Morgan fingerprint density at radius 3 is 2.47 bits per heavy atom.